The molecule has 1 aromatic carbocycles. The monoisotopic (exact) mass is 328 g/mol. The molecule has 4 nitrogen and oxygen atoms in total. The Morgan fingerprint density at radius 3 is 2.50 bits per heavy atom. The topological polar surface area (TPSA) is 43.8 Å². The molecule has 1 aliphatic rings. The molecule has 0 amide bonds. The van der Waals surface area contributed by atoms with Gasteiger partial charge in [0.05, 0.1) is 0 Å². The minimum Gasteiger partial charge on any atom is -0.481 e. The number of aliphatic carboxylic acids is 1. The third-order valence-electron chi connectivity index (χ3n) is 3.99. The molecule has 122 valence electrons. The number of hydrogen-bond donors (Lipinski definition) is 1. The predicted octanol–water partition coefficient (Wildman–Crippen LogP) is 2.85. The molecule has 1 N–H and O–H groups in total. The lowest BCUT2D eigenvalue weighted by molar-refractivity contribution is -0.137. The van der Waals surface area contributed by atoms with E-state index in [1.807, 2.05) is 0 Å². The van der Waals surface area contributed by atoms with Crippen molar-refractivity contribution in [1.29, 1.82) is 0 Å². The first-order chi connectivity index (χ1) is 10.5. The van der Waals surface area contributed by atoms with Crippen molar-refractivity contribution in [3.63, 3.8) is 0 Å². The number of piperazine rings is 1. The Hall–Kier alpha value is -1.17. The zero-order valence-electron chi connectivity index (χ0n) is 12.6. The van der Waals surface area contributed by atoms with Crippen molar-refractivity contribution in [3.8, 4) is 0 Å². The summed E-state index contributed by atoms with van der Waals surface area (Å²) in [4.78, 5) is 15.1. The molecule has 1 heterocycles. The fraction of sp³-hybridized carbons (Fsp3) is 0.562. The van der Waals surface area contributed by atoms with E-state index in [1.165, 1.54) is 12.1 Å². The summed E-state index contributed by atoms with van der Waals surface area (Å²) < 4.78 is 13.0. The van der Waals surface area contributed by atoms with Crippen LogP contribution in [0, 0.1) is 5.82 Å². The van der Waals surface area contributed by atoms with Crippen LogP contribution in [-0.4, -0.2) is 53.6 Å². The number of carbonyl (C=O) groups is 1. The van der Waals surface area contributed by atoms with Crippen LogP contribution in [0.5, 0.6) is 0 Å². The summed E-state index contributed by atoms with van der Waals surface area (Å²) in [6.45, 7) is 5.56. The Morgan fingerprint density at radius 2 is 1.86 bits per heavy atom. The van der Waals surface area contributed by atoms with Crippen LogP contribution in [0.15, 0.2) is 18.2 Å². The van der Waals surface area contributed by atoms with Gasteiger partial charge in [0.2, 0.25) is 0 Å². The maximum Gasteiger partial charge on any atom is 0.303 e. The van der Waals surface area contributed by atoms with Gasteiger partial charge in [-0.1, -0.05) is 17.7 Å². The van der Waals surface area contributed by atoms with Gasteiger partial charge in [0.15, 0.2) is 0 Å². The highest BCUT2D eigenvalue weighted by molar-refractivity contribution is 6.31. The van der Waals surface area contributed by atoms with Crippen molar-refractivity contribution in [2.75, 3.05) is 32.7 Å². The van der Waals surface area contributed by atoms with Crippen molar-refractivity contribution in [1.82, 2.24) is 9.80 Å². The summed E-state index contributed by atoms with van der Waals surface area (Å²) in [5, 5.41) is 9.09. The summed E-state index contributed by atoms with van der Waals surface area (Å²) in [5.41, 5.74) is 0.956. The molecule has 2 rings (SSSR count). The second kappa shape index (κ2) is 8.46. The predicted molar refractivity (Wildman–Crippen MR) is 84.6 cm³/mol. The van der Waals surface area contributed by atoms with E-state index in [0.717, 1.165) is 57.7 Å². The van der Waals surface area contributed by atoms with E-state index in [9.17, 15) is 9.18 Å². The Balaban J connectivity index is 1.69. The highest BCUT2D eigenvalue weighted by Crippen LogP contribution is 2.19. The van der Waals surface area contributed by atoms with E-state index in [1.54, 1.807) is 6.07 Å². The highest BCUT2D eigenvalue weighted by Gasteiger charge is 2.17. The number of hydrogen-bond acceptors (Lipinski definition) is 3. The van der Waals surface area contributed by atoms with Gasteiger partial charge in [-0.2, -0.15) is 0 Å². The molecule has 0 spiro atoms. The molecular weight excluding hydrogens is 307 g/mol. The lowest BCUT2D eigenvalue weighted by atomic mass is 10.2. The molecule has 1 aromatic rings. The van der Waals surface area contributed by atoms with Crippen LogP contribution in [0.2, 0.25) is 5.02 Å². The van der Waals surface area contributed by atoms with Crippen LogP contribution < -0.4 is 0 Å². The molecule has 0 saturated carbocycles. The highest BCUT2D eigenvalue weighted by atomic mass is 35.5. The van der Waals surface area contributed by atoms with Crippen LogP contribution in [0.3, 0.4) is 0 Å². The van der Waals surface area contributed by atoms with Gasteiger partial charge in [0, 0.05) is 44.2 Å². The van der Waals surface area contributed by atoms with Crippen molar-refractivity contribution < 1.29 is 14.3 Å². The SMILES string of the molecule is O=C(O)CCCCN1CCN(Cc2ccc(F)cc2Cl)CC1. The average molecular weight is 329 g/mol. The van der Waals surface area contributed by atoms with Crippen molar-refractivity contribution in [2.45, 2.75) is 25.8 Å². The fourth-order valence-corrected chi connectivity index (χ4v) is 2.90. The van der Waals surface area contributed by atoms with E-state index in [2.05, 4.69) is 9.80 Å². The molecule has 0 atom stereocenters. The lowest BCUT2D eigenvalue weighted by Gasteiger charge is -2.34. The molecule has 1 saturated heterocycles. The van der Waals surface area contributed by atoms with Gasteiger partial charge in [0.25, 0.3) is 0 Å². The van der Waals surface area contributed by atoms with E-state index in [0.29, 0.717) is 5.02 Å². The van der Waals surface area contributed by atoms with Crippen molar-refractivity contribution in [3.05, 3.63) is 34.6 Å². The van der Waals surface area contributed by atoms with E-state index in [4.69, 9.17) is 16.7 Å². The summed E-state index contributed by atoms with van der Waals surface area (Å²) in [5.74, 6) is -1.03. The van der Waals surface area contributed by atoms with Gasteiger partial charge in [-0.3, -0.25) is 9.69 Å². The first-order valence-electron chi connectivity index (χ1n) is 7.65. The molecule has 0 radical (unpaired) electrons. The first-order valence-corrected chi connectivity index (χ1v) is 8.03. The van der Waals surface area contributed by atoms with Crippen LogP contribution in [-0.2, 0) is 11.3 Å². The maximum absolute atomic E-state index is 13.0. The second-order valence-corrected chi connectivity index (χ2v) is 6.11. The van der Waals surface area contributed by atoms with Crippen LogP contribution in [0.1, 0.15) is 24.8 Å². The van der Waals surface area contributed by atoms with Gasteiger partial charge in [-0.15, -0.1) is 0 Å². The number of rotatable bonds is 7. The molecular formula is C16H22ClFN2O2. The minimum atomic E-state index is -0.721. The Kier molecular flexibility index (Phi) is 6.61. The van der Waals surface area contributed by atoms with Crippen LogP contribution in [0.4, 0.5) is 4.39 Å². The zero-order chi connectivity index (χ0) is 15.9. The summed E-state index contributed by atoms with van der Waals surface area (Å²) in [7, 11) is 0. The summed E-state index contributed by atoms with van der Waals surface area (Å²) >= 11 is 6.06. The average Bonchev–Trinajstić information content (AvgIpc) is 2.48. The Labute approximate surface area is 135 Å². The van der Waals surface area contributed by atoms with E-state index >= 15 is 0 Å². The number of nitrogens with zero attached hydrogens (tertiary/aromatic N) is 2. The van der Waals surface area contributed by atoms with Crippen LogP contribution >= 0.6 is 11.6 Å². The van der Waals surface area contributed by atoms with Crippen molar-refractivity contribution >= 4 is 17.6 Å². The zero-order valence-corrected chi connectivity index (χ0v) is 13.4. The van der Waals surface area contributed by atoms with Gasteiger partial charge in [0.1, 0.15) is 5.82 Å². The quantitative estimate of drug-likeness (QED) is 0.782. The molecule has 0 bridgehead atoms. The van der Waals surface area contributed by atoms with Crippen molar-refractivity contribution in [2.24, 2.45) is 0 Å². The Bertz CT molecular complexity index is 505. The largest absolute Gasteiger partial charge is 0.481 e. The smallest absolute Gasteiger partial charge is 0.303 e. The molecule has 0 aromatic heterocycles. The summed E-state index contributed by atoms with van der Waals surface area (Å²) in [6.07, 6.45) is 1.92. The van der Waals surface area contributed by atoms with Gasteiger partial charge >= 0.3 is 5.97 Å². The number of carboxylic acid groups (broad SMARTS) is 1. The van der Waals surface area contributed by atoms with Crippen LogP contribution in [0.25, 0.3) is 0 Å². The maximum atomic E-state index is 13.0. The Morgan fingerprint density at radius 1 is 1.18 bits per heavy atom. The molecule has 0 unspecified atom stereocenters. The lowest BCUT2D eigenvalue weighted by Crippen LogP contribution is -2.46. The van der Waals surface area contributed by atoms with Gasteiger partial charge in [-0.25, -0.2) is 4.39 Å². The normalized spacial score (nSPS) is 16.8. The van der Waals surface area contributed by atoms with E-state index < -0.39 is 5.97 Å². The third-order valence-corrected chi connectivity index (χ3v) is 4.34. The van der Waals surface area contributed by atoms with E-state index in [-0.39, 0.29) is 12.2 Å². The molecule has 0 aliphatic carbocycles. The van der Waals surface area contributed by atoms with Gasteiger partial charge < -0.3 is 10.0 Å². The second-order valence-electron chi connectivity index (χ2n) is 5.70. The minimum absolute atomic E-state index is 0.253. The first kappa shape index (κ1) is 17.2. The number of unbranched alkanes of at least 4 members (excludes halogenated alkanes) is 1. The molecule has 6 heteroatoms. The number of benzene rings is 1. The summed E-state index contributed by atoms with van der Waals surface area (Å²) in [6, 6.07) is 4.55. The molecule has 1 fully saturated rings. The number of halogens is 2. The third kappa shape index (κ3) is 5.55. The molecule has 1 aliphatic heterocycles. The fourth-order valence-electron chi connectivity index (χ4n) is 2.67. The standard InChI is InChI=1S/C16H22ClFN2O2/c17-15-11-14(18)5-4-13(15)12-20-9-7-19(8-10-20)6-2-1-3-16(21)22/h4-5,11H,1-3,6-10,12H2,(H,21,22). The number of carboxylic acids is 1. The van der Waals surface area contributed by atoms with Gasteiger partial charge in [-0.05, 0) is 37.1 Å². The molecule has 22 heavy (non-hydrogen) atoms.